The number of aliphatic imine (C=N–C) groups is 1. The predicted octanol–water partition coefficient (Wildman–Crippen LogP) is 7.92. The van der Waals surface area contributed by atoms with Gasteiger partial charge in [-0.2, -0.15) is 0 Å². The molecule has 2 nitrogen and oxygen atoms in total. The van der Waals surface area contributed by atoms with E-state index in [0.717, 1.165) is 41.5 Å². The molecule has 138 valence electrons. The molecule has 0 unspecified atom stereocenters. The van der Waals surface area contributed by atoms with Crippen LogP contribution in [0.15, 0.2) is 73.0 Å². The van der Waals surface area contributed by atoms with E-state index in [1.54, 1.807) is 0 Å². The molecule has 0 saturated heterocycles. The summed E-state index contributed by atoms with van der Waals surface area (Å²) >= 11 is 10.6. The summed E-state index contributed by atoms with van der Waals surface area (Å²) in [7, 11) is 0. The fourth-order valence-electron chi connectivity index (χ4n) is 2.65. The Balaban J connectivity index is 1.87. The van der Waals surface area contributed by atoms with Crippen molar-refractivity contribution in [1.82, 2.24) is 0 Å². The molecule has 0 fully saturated rings. The number of hydrogen-bond donors (Lipinski definition) is 0. The van der Waals surface area contributed by atoms with Gasteiger partial charge in [0.2, 0.25) is 0 Å². The molecule has 0 aromatic heterocycles. The smallest absolute Gasteiger partial charge is 0.142 e. The van der Waals surface area contributed by atoms with Crippen LogP contribution in [0.5, 0.6) is 5.75 Å². The Morgan fingerprint density at radius 3 is 2.33 bits per heavy atom. The van der Waals surface area contributed by atoms with Gasteiger partial charge in [0.15, 0.2) is 0 Å². The minimum Gasteiger partial charge on any atom is -0.487 e. The zero-order valence-electron chi connectivity index (χ0n) is 15.0. The Labute approximate surface area is 185 Å². The standard InChI is InChI=1S/C22H18Br3NO/c1-14-3-8-21(15(2)9-14)26-12-17-10-19(24)11-20(25)22(17)27-13-16-4-6-18(23)7-5-16/h3-12H,13H2,1-2H3. The summed E-state index contributed by atoms with van der Waals surface area (Å²) in [6.07, 6.45) is 1.85. The molecule has 0 amide bonds. The number of benzene rings is 3. The number of nitrogens with zero attached hydrogens (tertiary/aromatic N) is 1. The Morgan fingerprint density at radius 1 is 0.889 bits per heavy atom. The van der Waals surface area contributed by atoms with Crippen molar-refractivity contribution in [1.29, 1.82) is 0 Å². The zero-order valence-corrected chi connectivity index (χ0v) is 19.7. The topological polar surface area (TPSA) is 21.6 Å². The summed E-state index contributed by atoms with van der Waals surface area (Å²) < 4.78 is 9.02. The monoisotopic (exact) mass is 549 g/mol. The van der Waals surface area contributed by atoms with Crippen molar-refractivity contribution in [2.45, 2.75) is 20.5 Å². The second kappa shape index (κ2) is 9.18. The fraction of sp³-hybridized carbons (Fsp3) is 0.136. The van der Waals surface area contributed by atoms with E-state index in [4.69, 9.17) is 4.74 Å². The molecule has 0 aliphatic carbocycles. The quantitative estimate of drug-likeness (QED) is 0.295. The van der Waals surface area contributed by atoms with Gasteiger partial charge in [0.25, 0.3) is 0 Å². The first kappa shape index (κ1) is 20.3. The summed E-state index contributed by atoms with van der Waals surface area (Å²) in [4.78, 5) is 4.67. The minimum absolute atomic E-state index is 0.484. The third-order valence-corrected chi connectivity index (χ3v) is 5.60. The van der Waals surface area contributed by atoms with Crippen LogP contribution in [0.2, 0.25) is 0 Å². The molecule has 0 spiro atoms. The van der Waals surface area contributed by atoms with E-state index in [1.807, 2.05) is 48.7 Å². The fourth-order valence-corrected chi connectivity index (χ4v) is 4.29. The Morgan fingerprint density at radius 2 is 1.63 bits per heavy atom. The molecule has 3 aromatic carbocycles. The lowest BCUT2D eigenvalue weighted by Gasteiger charge is -2.12. The van der Waals surface area contributed by atoms with Gasteiger partial charge in [0.1, 0.15) is 12.4 Å². The van der Waals surface area contributed by atoms with Crippen molar-refractivity contribution < 1.29 is 4.74 Å². The van der Waals surface area contributed by atoms with Gasteiger partial charge in [0.05, 0.1) is 10.2 Å². The molecule has 0 bridgehead atoms. The first-order chi connectivity index (χ1) is 12.9. The number of ether oxygens (including phenoxy) is 1. The van der Waals surface area contributed by atoms with Crippen molar-refractivity contribution in [3.05, 3.63) is 90.3 Å². The average Bonchev–Trinajstić information content (AvgIpc) is 2.61. The lowest BCUT2D eigenvalue weighted by Crippen LogP contribution is -1.99. The van der Waals surface area contributed by atoms with Gasteiger partial charge in [-0.3, -0.25) is 4.99 Å². The van der Waals surface area contributed by atoms with Gasteiger partial charge in [0, 0.05) is 20.7 Å². The Bertz CT molecular complexity index is 982. The number of rotatable bonds is 5. The second-order valence-corrected chi connectivity index (χ2v) is 8.95. The van der Waals surface area contributed by atoms with E-state index >= 15 is 0 Å². The third kappa shape index (κ3) is 5.53. The first-order valence-electron chi connectivity index (χ1n) is 8.40. The Hall–Kier alpha value is -1.43. The summed E-state index contributed by atoms with van der Waals surface area (Å²) in [6, 6.07) is 18.3. The van der Waals surface area contributed by atoms with Gasteiger partial charge < -0.3 is 4.74 Å². The molecule has 0 atom stereocenters. The molecular weight excluding hydrogens is 534 g/mol. The van der Waals surface area contributed by atoms with Crippen molar-refractivity contribution in [2.75, 3.05) is 0 Å². The average molecular weight is 552 g/mol. The number of hydrogen-bond acceptors (Lipinski definition) is 2. The maximum atomic E-state index is 6.11. The summed E-state index contributed by atoms with van der Waals surface area (Å²) in [5, 5.41) is 0. The minimum atomic E-state index is 0.484. The molecule has 5 heteroatoms. The van der Waals surface area contributed by atoms with Crippen LogP contribution in [0.1, 0.15) is 22.3 Å². The SMILES string of the molecule is Cc1ccc(N=Cc2cc(Br)cc(Br)c2OCc2ccc(Br)cc2)c(C)c1. The van der Waals surface area contributed by atoms with E-state index in [0.29, 0.717) is 6.61 Å². The largest absolute Gasteiger partial charge is 0.487 e. The van der Waals surface area contributed by atoms with E-state index in [9.17, 15) is 0 Å². The van der Waals surface area contributed by atoms with E-state index < -0.39 is 0 Å². The predicted molar refractivity (Wildman–Crippen MR) is 123 cm³/mol. The van der Waals surface area contributed by atoms with Gasteiger partial charge in [-0.1, -0.05) is 61.7 Å². The van der Waals surface area contributed by atoms with Gasteiger partial charge in [-0.15, -0.1) is 0 Å². The summed E-state index contributed by atoms with van der Waals surface area (Å²) in [5.74, 6) is 0.773. The van der Waals surface area contributed by atoms with Gasteiger partial charge in [-0.05, 0) is 71.2 Å². The molecule has 0 N–H and O–H groups in total. The van der Waals surface area contributed by atoms with Crippen molar-refractivity contribution in [3.63, 3.8) is 0 Å². The van der Waals surface area contributed by atoms with Gasteiger partial charge >= 0.3 is 0 Å². The zero-order chi connectivity index (χ0) is 19.4. The van der Waals surface area contributed by atoms with Crippen molar-refractivity contribution in [3.8, 4) is 5.75 Å². The lowest BCUT2D eigenvalue weighted by atomic mass is 10.1. The summed E-state index contributed by atoms with van der Waals surface area (Å²) in [6.45, 7) is 4.64. The normalized spacial score (nSPS) is 11.1. The Kier molecular flexibility index (Phi) is 6.90. The van der Waals surface area contributed by atoms with Crippen LogP contribution in [-0.4, -0.2) is 6.21 Å². The van der Waals surface area contributed by atoms with Crippen LogP contribution >= 0.6 is 47.8 Å². The molecule has 3 aromatic rings. The van der Waals surface area contributed by atoms with Crippen LogP contribution in [0.4, 0.5) is 5.69 Å². The number of aryl methyl sites for hydroxylation is 2. The van der Waals surface area contributed by atoms with Crippen molar-refractivity contribution in [2.24, 2.45) is 4.99 Å². The summed E-state index contributed by atoms with van der Waals surface area (Å²) in [5.41, 5.74) is 5.35. The van der Waals surface area contributed by atoms with Crippen molar-refractivity contribution >= 4 is 59.7 Å². The number of halogens is 3. The third-order valence-electron chi connectivity index (χ3n) is 4.03. The molecule has 3 rings (SSSR count). The highest BCUT2D eigenvalue weighted by Gasteiger charge is 2.10. The highest BCUT2D eigenvalue weighted by Crippen LogP contribution is 2.33. The molecule has 0 aliphatic heterocycles. The van der Waals surface area contributed by atoms with E-state index in [2.05, 4.69) is 78.8 Å². The second-order valence-electron chi connectivity index (χ2n) is 6.27. The van der Waals surface area contributed by atoms with E-state index in [1.165, 1.54) is 5.56 Å². The molecule has 0 radical (unpaired) electrons. The lowest BCUT2D eigenvalue weighted by molar-refractivity contribution is 0.304. The van der Waals surface area contributed by atoms with E-state index in [-0.39, 0.29) is 0 Å². The van der Waals surface area contributed by atoms with Crippen LogP contribution in [0, 0.1) is 13.8 Å². The van der Waals surface area contributed by atoms with Crippen LogP contribution < -0.4 is 4.74 Å². The van der Waals surface area contributed by atoms with Crippen LogP contribution in [0.25, 0.3) is 0 Å². The molecular formula is C22H18Br3NO. The maximum absolute atomic E-state index is 6.11. The maximum Gasteiger partial charge on any atom is 0.142 e. The highest BCUT2D eigenvalue weighted by molar-refractivity contribution is 9.11. The molecule has 0 aliphatic rings. The molecule has 0 heterocycles. The highest BCUT2D eigenvalue weighted by atomic mass is 79.9. The van der Waals surface area contributed by atoms with Crippen LogP contribution in [0.3, 0.4) is 0 Å². The first-order valence-corrected chi connectivity index (χ1v) is 10.8. The van der Waals surface area contributed by atoms with Crippen LogP contribution in [-0.2, 0) is 6.61 Å². The van der Waals surface area contributed by atoms with Gasteiger partial charge in [-0.25, -0.2) is 0 Å². The molecule has 27 heavy (non-hydrogen) atoms. The molecule has 0 saturated carbocycles.